The number of hydroxylamine groups is 2. The predicted octanol–water partition coefficient (Wildman–Crippen LogP) is -0.540. The number of aliphatic carboxylic acids is 1. The summed E-state index contributed by atoms with van der Waals surface area (Å²) < 4.78 is 45.0. The van der Waals surface area contributed by atoms with E-state index in [0.29, 0.717) is 17.4 Å². The van der Waals surface area contributed by atoms with Gasteiger partial charge < -0.3 is 31.5 Å². The van der Waals surface area contributed by atoms with E-state index in [-0.39, 0.29) is 10.8 Å². The Kier molecular flexibility index (Phi) is 10.3. The van der Waals surface area contributed by atoms with Gasteiger partial charge in [-0.15, -0.1) is 15.6 Å². The molecule has 0 spiro atoms. The molecule has 1 aliphatic heterocycles. The largest absolute Gasteiger partial charge is 0.489 e. The lowest BCUT2D eigenvalue weighted by Crippen LogP contribution is -2.76. The zero-order valence-electron chi connectivity index (χ0n) is 24.9. The van der Waals surface area contributed by atoms with Crippen LogP contribution in [0.25, 0.3) is 11.3 Å². The van der Waals surface area contributed by atoms with E-state index < -0.39 is 58.2 Å². The van der Waals surface area contributed by atoms with E-state index in [1.165, 1.54) is 19.2 Å². The average Bonchev–Trinajstić information content (AvgIpc) is 3.59. The minimum Gasteiger partial charge on any atom is -0.489 e. The maximum Gasteiger partial charge on any atom is 0.418 e. The summed E-state index contributed by atoms with van der Waals surface area (Å²) in [7, 11) is -3.10. The molecule has 0 radical (unpaired) electrons. The van der Waals surface area contributed by atoms with Crippen molar-refractivity contribution in [2.75, 3.05) is 18.9 Å². The Bertz CT molecular complexity index is 1740. The Hall–Kier alpha value is -4.63. The zero-order valence-corrected chi connectivity index (χ0v) is 26.5. The Balaban J connectivity index is 1.45. The molecule has 1 fully saturated rings. The second kappa shape index (κ2) is 13.8. The molecular weight excluding hydrogens is 648 g/mol. The smallest absolute Gasteiger partial charge is 0.418 e. The third-order valence-electron chi connectivity index (χ3n) is 6.81. The molecule has 1 unspecified atom stereocenters. The highest BCUT2D eigenvalue weighted by atomic mass is 32.3. The van der Waals surface area contributed by atoms with Crippen LogP contribution in [0.4, 0.5) is 5.13 Å². The number of rotatable bonds is 15. The number of nitrogens with two attached hydrogens (primary N) is 2. The minimum atomic E-state index is -5.01. The summed E-state index contributed by atoms with van der Waals surface area (Å²) in [5.41, 5.74) is 11.1. The number of ether oxygens (including phenoxy) is 1. The molecule has 0 saturated carbocycles. The van der Waals surface area contributed by atoms with E-state index in [1.807, 2.05) is 40.8 Å². The summed E-state index contributed by atoms with van der Waals surface area (Å²) in [6, 6.07) is 5.63. The van der Waals surface area contributed by atoms with Crippen molar-refractivity contribution in [3.63, 3.8) is 0 Å². The van der Waals surface area contributed by atoms with Crippen LogP contribution in [0.15, 0.2) is 47.3 Å². The number of carboxylic acid groups (broad SMARTS) is 1. The van der Waals surface area contributed by atoms with Crippen LogP contribution in [0.5, 0.6) is 5.75 Å². The van der Waals surface area contributed by atoms with Crippen molar-refractivity contribution in [2.24, 2.45) is 17.9 Å². The normalized spacial score (nSPS) is 16.9. The molecule has 248 valence electrons. The lowest BCUT2D eigenvalue weighted by molar-refractivity contribution is -0.660. The number of imidazole rings is 1. The lowest BCUT2D eigenvalue weighted by atomic mass is 9.84. The Labute approximate surface area is 267 Å². The highest BCUT2D eigenvalue weighted by molar-refractivity contribution is 7.80. The van der Waals surface area contributed by atoms with Crippen LogP contribution in [-0.4, -0.2) is 87.0 Å². The second-order valence-corrected chi connectivity index (χ2v) is 12.5. The summed E-state index contributed by atoms with van der Waals surface area (Å²) in [5.74, 6) is -3.11. The number of benzene rings is 1. The fourth-order valence-electron chi connectivity index (χ4n) is 4.42. The number of carbonyl (C=O) groups excluding carboxylic acids is 2. The van der Waals surface area contributed by atoms with Crippen LogP contribution in [-0.2, 0) is 47.5 Å². The van der Waals surface area contributed by atoms with Crippen LogP contribution in [0, 0.1) is 0 Å². The summed E-state index contributed by atoms with van der Waals surface area (Å²) in [6.45, 7) is 3.60. The van der Waals surface area contributed by atoms with Gasteiger partial charge in [-0.25, -0.2) is 18.9 Å². The van der Waals surface area contributed by atoms with E-state index in [4.69, 9.17) is 25.6 Å². The van der Waals surface area contributed by atoms with Gasteiger partial charge in [0, 0.05) is 10.9 Å². The zero-order chi connectivity index (χ0) is 33.8. The van der Waals surface area contributed by atoms with Crippen LogP contribution >= 0.6 is 11.3 Å². The van der Waals surface area contributed by atoms with Gasteiger partial charge in [0.15, 0.2) is 16.5 Å². The molecule has 2 atom stereocenters. The number of carboxylic acids is 1. The number of nitrogens with zero attached hydrogens (tertiary/aromatic N) is 5. The molecule has 1 aliphatic rings. The standard InChI is InChI=1S/C26H32N8O10S2/c1-26(2)21(23(36)34(26)44-46(39,40)41)30-22(35)20(17-13-45-25(28)29-17)31-43-19(24(37)38)12-42-16-7-5-15(6-8-16)18-11-33(10-4-9-27)14-32(18)3/h5-8,11,13-14,19,21H,4,9-10,12,27H2,1-3H3,(H4-,28,29,30,35,37,38,39,40,41)/p+1/b31-20-/t19?,21-/m1/s1. The first kappa shape index (κ1) is 34.2. The van der Waals surface area contributed by atoms with Gasteiger partial charge in [0.05, 0.1) is 19.1 Å². The van der Waals surface area contributed by atoms with Crippen molar-refractivity contribution in [3.8, 4) is 17.0 Å². The van der Waals surface area contributed by atoms with Gasteiger partial charge in [0.2, 0.25) is 6.33 Å². The van der Waals surface area contributed by atoms with Gasteiger partial charge in [0.1, 0.15) is 30.3 Å². The second-order valence-electron chi connectivity index (χ2n) is 10.6. The first-order valence-corrected chi connectivity index (χ1v) is 15.8. The van der Waals surface area contributed by atoms with Crippen LogP contribution in [0.2, 0.25) is 0 Å². The lowest BCUT2D eigenvalue weighted by Gasteiger charge is -2.50. The molecule has 46 heavy (non-hydrogen) atoms. The predicted molar refractivity (Wildman–Crippen MR) is 161 cm³/mol. The number of anilines is 1. The Morgan fingerprint density at radius 2 is 1.98 bits per heavy atom. The SMILES string of the molecule is C[n+]1cn(CCCN)cc1-c1ccc(OCC(O/N=C(\C(=O)N[C@@H]2C(=O)N(OS(=O)(=O)O)C2(C)C)c2csc(N)n2)C(=O)O)cc1. The summed E-state index contributed by atoms with van der Waals surface area (Å²) in [6.07, 6.45) is 3.12. The summed E-state index contributed by atoms with van der Waals surface area (Å²) in [4.78, 5) is 46.8. The number of nitrogen functional groups attached to an aromatic ring is 1. The number of oxime groups is 1. The maximum atomic E-state index is 13.2. The molecule has 1 aromatic carbocycles. The molecule has 4 rings (SSSR count). The number of hydrogen-bond acceptors (Lipinski definition) is 13. The highest BCUT2D eigenvalue weighted by Crippen LogP contribution is 2.33. The van der Waals surface area contributed by atoms with Crippen LogP contribution in [0.3, 0.4) is 0 Å². The number of β-lactam (4-membered cyclic amide) rings is 1. The first-order chi connectivity index (χ1) is 21.6. The van der Waals surface area contributed by atoms with E-state index >= 15 is 0 Å². The van der Waals surface area contributed by atoms with E-state index in [2.05, 4.69) is 19.7 Å². The molecule has 2 amide bonds. The third-order valence-corrected chi connectivity index (χ3v) is 7.82. The fourth-order valence-corrected chi connectivity index (χ4v) is 5.42. The quantitative estimate of drug-likeness (QED) is 0.0445. The summed E-state index contributed by atoms with van der Waals surface area (Å²) >= 11 is 0.961. The monoisotopic (exact) mass is 681 g/mol. The topological polar surface area (TPSA) is 255 Å². The highest BCUT2D eigenvalue weighted by Gasteiger charge is 2.58. The molecule has 18 nitrogen and oxygen atoms in total. The van der Waals surface area contributed by atoms with Gasteiger partial charge in [-0.05, 0) is 51.1 Å². The van der Waals surface area contributed by atoms with E-state index in [0.717, 1.165) is 35.6 Å². The molecule has 0 aliphatic carbocycles. The molecule has 0 bridgehead atoms. The van der Waals surface area contributed by atoms with Crippen LogP contribution in [0.1, 0.15) is 26.0 Å². The molecule has 3 heterocycles. The Morgan fingerprint density at radius 3 is 2.54 bits per heavy atom. The van der Waals surface area contributed by atoms with Gasteiger partial charge in [0.25, 0.3) is 17.9 Å². The number of hydrogen-bond donors (Lipinski definition) is 5. The summed E-state index contributed by atoms with van der Waals surface area (Å²) in [5, 5.41) is 17.6. The molecule has 1 saturated heterocycles. The molecule has 2 aromatic heterocycles. The van der Waals surface area contributed by atoms with Crippen molar-refractivity contribution in [2.45, 2.75) is 44.5 Å². The van der Waals surface area contributed by atoms with Crippen molar-refractivity contribution in [1.82, 2.24) is 19.9 Å². The number of carbonyl (C=O) groups is 3. The molecule has 3 aromatic rings. The molecule has 20 heteroatoms. The number of amides is 2. The number of aryl methyl sites for hydroxylation is 2. The van der Waals surface area contributed by atoms with Gasteiger partial charge in [-0.1, -0.05) is 5.16 Å². The van der Waals surface area contributed by atoms with Crippen molar-refractivity contribution in [1.29, 1.82) is 0 Å². The number of aromatic nitrogens is 3. The maximum absolute atomic E-state index is 13.2. The van der Waals surface area contributed by atoms with Crippen molar-refractivity contribution in [3.05, 3.63) is 47.9 Å². The fraction of sp³-hybridized carbons (Fsp3) is 0.385. The van der Waals surface area contributed by atoms with E-state index in [9.17, 15) is 27.9 Å². The Morgan fingerprint density at radius 1 is 1.28 bits per heavy atom. The molecule has 7 N–H and O–H groups in total. The van der Waals surface area contributed by atoms with Crippen LogP contribution < -0.4 is 26.1 Å². The first-order valence-electron chi connectivity index (χ1n) is 13.6. The number of nitrogens with one attached hydrogen (secondary N) is 1. The van der Waals surface area contributed by atoms with E-state index in [1.54, 1.807) is 12.1 Å². The molecular formula is C26H33N8O10S2+. The number of thiazole rings is 1. The van der Waals surface area contributed by atoms with Gasteiger partial charge >= 0.3 is 16.4 Å². The van der Waals surface area contributed by atoms with Gasteiger partial charge in [-0.2, -0.15) is 13.5 Å². The van der Waals surface area contributed by atoms with Gasteiger partial charge in [-0.3, -0.25) is 14.1 Å². The third kappa shape index (κ3) is 7.95. The minimum absolute atomic E-state index is 0.0607. The van der Waals surface area contributed by atoms with Crippen molar-refractivity contribution >= 4 is 50.4 Å². The average molecular weight is 682 g/mol. The van der Waals surface area contributed by atoms with Crippen molar-refractivity contribution < 1.29 is 50.9 Å².